The van der Waals surface area contributed by atoms with Crippen molar-refractivity contribution in [2.45, 2.75) is 103 Å². The first-order valence-electron chi connectivity index (χ1n) is 10.9. The van der Waals surface area contributed by atoms with Gasteiger partial charge in [-0.15, -0.1) is 0 Å². The van der Waals surface area contributed by atoms with Crippen LogP contribution in [0.15, 0.2) is 0 Å². The summed E-state index contributed by atoms with van der Waals surface area (Å²) in [6.07, 6.45) is 19.4. The Morgan fingerprint density at radius 2 is 1.43 bits per heavy atom. The standard InChI is InChI=1S/C22H40O/c1-3-5-7-17-8-12-21-18(15-17)9-10-19-16-20(11-13-22(19)21)23-14-6-4-2/h17-22H,3-16H2,1-2H3/t17-,18?,19?,20-,21?,22?/m0/s1. The van der Waals surface area contributed by atoms with Crippen molar-refractivity contribution >= 4 is 0 Å². The fraction of sp³-hybridized carbons (Fsp3) is 1.00. The Balaban J connectivity index is 1.47. The summed E-state index contributed by atoms with van der Waals surface area (Å²) in [5.74, 6) is 5.31. The van der Waals surface area contributed by atoms with E-state index in [0.717, 1.165) is 36.2 Å². The van der Waals surface area contributed by atoms with E-state index in [1.165, 1.54) is 64.2 Å². The summed E-state index contributed by atoms with van der Waals surface area (Å²) in [6.45, 7) is 5.61. The maximum atomic E-state index is 6.17. The van der Waals surface area contributed by atoms with E-state index in [1.54, 1.807) is 19.3 Å². The molecule has 0 aliphatic heterocycles. The molecule has 0 heterocycles. The minimum absolute atomic E-state index is 0.597. The molecular formula is C22H40O. The van der Waals surface area contributed by atoms with Crippen molar-refractivity contribution in [2.24, 2.45) is 29.6 Å². The third kappa shape index (κ3) is 4.53. The van der Waals surface area contributed by atoms with E-state index in [4.69, 9.17) is 4.74 Å². The third-order valence-corrected chi connectivity index (χ3v) is 7.42. The molecule has 3 aliphatic carbocycles. The minimum Gasteiger partial charge on any atom is -0.378 e. The van der Waals surface area contributed by atoms with Crippen LogP contribution in [0.5, 0.6) is 0 Å². The van der Waals surface area contributed by atoms with E-state index in [-0.39, 0.29) is 0 Å². The second kappa shape index (κ2) is 8.88. The van der Waals surface area contributed by atoms with Crippen LogP contribution in [0.1, 0.15) is 97.3 Å². The summed E-state index contributed by atoms with van der Waals surface area (Å²) in [4.78, 5) is 0. The van der Waals surface area contributed by atoms with Crippen molar-refractivity contribution in [2.75, 3.05) is 6.61 Å². The number of hydrogen-bond donors (Lipinski definition) is 0. The van der Waals surface area contributed by atoms with Gasteiger partial charge in [0.05, 0.1) is 6.10 Å². The van der Waals surface area contributed by atoms with Gasteiger partial charge < -0.3 is 4.74 Å². The molecule has 23 heavy (non-hydrogen) atoms. The zero-order valence-corrected chi connectivity index (χ0v) is 15.8. The van der Waals surface area contributed by atoms with Crippen molar-refractivity contribution in [3.8, 4) is 0 Å². The lowest BCUT2D eigenvalue weighted by atomic mass is 9.56. The quantitative estimate of drug-likeness (QED) is 0.480. The molecule has 0 aromatic heterocycles. The Morgan fingerprint density at radius 1 is 0.739 bits per heavy atom. The molecule has 3 fully saturated rings. The molecule has 0 N–H and O–H groups in total. The van der Waals surface area contributed by atoms with E-state index in [0.29, 0.717) is 6.10 Å². The lowest BCUT2D eigenvalue weighted by Gasteiger charge is -2.50. The molecule has 0 spiro atoms. The van der Waals surface area contributed by atoms with Gasteiger partial charge in [-0.1, -0.05) is 46.0 Å². The van der Waals surface area contributed by atoms with Gasteiger partial charge in [0.25, 0.3) is 0 Å². The monoisotopic (exact) mass is 320 g/mol. The predicted octanol–water partition coefficient (Wildman–Crippen LogP) is 6.60. The van der Waals surface area contributed by atoms with Crippen LogP contribution >= 0.6 is 0 Å². The van der Waals surface area contributed by atoms with E-state index >= 15 is 0 Å². The summed E-state index contributed by atoms with van der Waals surface area (Å²) < 4.78 is 6.17. The molecule has 3 saturated carbocycles. The molecule has 0 aromatic rings. The Morgan fingerprint density at radius 3 is 2.17 bits per heavy atom. The lowest BCUT2D eigenvalue weighted by Crippen LogP contribution is -2.42. The maximum Gasteiger partial charge on any atom is 0.0578 e. The molecule has 4 unspecified atom stereocenters. The fourth-order valence-electron chi connectivity index (χ4n) is 6.15. The highest BCUT2D eigenvalue weighted by Gasteiger charge is 2.44. The predicted molar refractivity (Wildman–Crippen MR) is 98.6 cm³/mol. The third-order valence-electron chi connectivity index (χ3n) is 7.42. The van der Waals surface area contributed by atoms with Gasteiger partial charge in [-0.05, 0) is 81.0 Å². The average Bonchev–Trinajstić information content (AvgIpc) is 2.59. The van der Waals surface area contributed by atoms with E-state index in [9.17, 15) is 0 Å². The lowest BCUT2D eigenvalue weighted by molar-refractivity contribution is -0.0537. The fourth-order valence-corrected chi connectivity index (χ4v) is 6.15. The average molecular weight is 321 g/mol. The second-order valence-corrected chi connectivity index (χ2v) is 8.91. The van der Waals surface area contributed by atoms with Gasteiger partial charge in [0.15, 0.2) is 0 Å². The van der Waals surface area contributed by atoms with Crippen molar-refractivity contribution in [1.82, 2.24) is 0 Å². The summed E-state index contributed by atoms with van der Waals surface area (Å²) in [5.41, 5.74) is 0. The van der Waals surface area contributed by atoms with Gasteiger partial charge in [-0.2, -0.15) is 0 Å². The largest absolute Gasteiger partial charge is 0.378 e. The second-order valence-electron chi connectivity index (χ2n) is 8.91. The van der Waals surface area contributed by atoms with Crippen LogP contribution in [0, 0.1) is 29.6 Å². The van der Waals surface area contributed by atoms with Crippen LogP contribution in [-0.4, -0.2) is 12.7 Å². The first-order chi connectivity index (χ1) is 11.3. The first kappa shape index (κ1) is 17.8. The van der Waals surface area contributed by atoms with E-state index in [2.05, 4.69) is 13.8 Å². The van der Waals surface area contributed by atoms with Crippen LogP contribution in [0.4, 0.5) is 0 Å². The van der Waals surface area contributed by atoms with Crippen LogP contribution in [0.25, 0.3) is 0 Å². The minimum atomic E-state index is 0.597. The first-order valence-corrected chi connectivity index (χ1v) is 10.9. The molecular weight excluding hydrogens is 280 g/mol. The Kier molecular flexibility index (Phi) is 6.86. The molecule has 134 valence electrons. The highest BCUT2D eigenvalue weighted by molar-refractivity contribution is 4.94. The zero-order valence-electron chi connectivity index (χ0n) is 15.8. The Bertz CT molecular complexity index is 339. The van der Waals surface area contributed by atoms with Crippen LogP contribution in [-0.2, 0) is 4.74 Å². The number of fused-ring (bicyclic) bond motifs is 3. The van der Waals surface area contributed by atoms with Crippen molar-refractivity contribution in [1.29, 1.82) is 0 Å². The molecule has 0 aromatic carbocycles. The maximum absolute atomic E-state index is 6.17. The molecule has 6 atom stereocenters. The Hall–Kier alpha value is -0.0400. The highest BCUT2D eigenvalue weighted by atomic mass is 16.5. The molecule has 0 bridgehead atoms. The van der Waals surface area contributed by atoms with Crippen LogP contribution < -0.4 is 0 Å². The summed E-state index contributed by atoms with van der Waals surface area (Å²) >= 11 is 0. The molecule has 0 saturated heterocycles. The normalized spacial score (nSPS) is 40.4. The topological polar surface area (TPSA) is 9.23 Å². The van der Waals surface area contributed by atoms with E-state index < -0.39 is 0 Å². The van der Waals surface area contributed by atoms with Crippen molar-refractivity contribution in [3.05, 3.63) is 0 Å². The highest BCUT2D eigenvalue weighted by Crippen LogP contribution is 2.53. The molecule has 1 heteroatoms. The van der Waals surface area contributed by atoms with Gasteiger partial charge in [-0.3, -0.25) is 0 Å². The number of rotatable bonds is 7. The molecule has 1 nitrogen and oxygen atoms in total. The molecule has 3 aliphatic rings. The summed E-state index contributed by atoms with van der Waals surface area (Å²) in [7, 11) is 0. The van der Waals surface area contributed by atoms with E-state index in [1.807, 2.05) is 0 Å². The number of unbranched alkanes of at least 4 members (excludes halogenated alkanes) is 2. The zero-order chi connectivity index (χ0) is 16.1. The van der Waals surface area contributed by atoms with Gasteiger partial charge in [0, 0.05) is 6.61 Å². The van der Waals surface area contributed by atoms with Crippen molar-refractivity contribution in [3.63, 3.8) is 0 Å². The number of hydrogen-bond acceptors (Lipinski definition) is 1. The van der Waals surface area contributed by atoms with Gasteiger partial charge in [0.2, 0.25) is 0 Å². The summed E-state index contributed by atoms with van der Waals surface area (Å²) in [6, 6.07) is 0. The van der Waals surface area contributed by atoms with Crippen LogP contribution in [0.2, 0.25) is 0 Å². The molecule has 0 radical (unpaired) electrons. The van der Waals surface area contributed by atoms with Gasteiger partial charge in [0.1, 0.15) is 0 Å². The smallest absolute Gasteiger partial charge is 0.0578 e. The number of ether oxygens (including phenoxy) is 1. The molecule has 3 rings (SSSR count). The van der Waals surface area contributed by atoms with Gasteiger partial charge in [-0.25, -0.2) is 0 Å². The summed E-state index contributed by atoms with van der Waals surface area (Å²) in [5, 5.41) is 0. The van der Waals surface area contributed by atoms with Crippen LogP contribution in [0.3, 0.4) is 0 Å². The molecule has 0 amide bonds. The van der Waals surface area contributed by atoms with Gasteiger partial charge >= 0.3 is 0 Å². The Labute approximate surface area is 144 Å². The van der Waals surface area contributed by atoms with Crippen molar-refractivity contribution < 1.29 is 4.74 Å². The SMILES string of the molecule is CCCCO[C@H]1CCC2C(CCC3C[C@@H](CCCC)CCC32)C1.